The van der Waals surface area contributed by atoms with Crippen LogP contribution in [0.5, 0.6) is 0 Å². The molecule has 0 unspecified atom stereocenters. The van der Waals surface area contributed by atoms with E-state index in [0.29, 0.717) is 10.2 Å². The Kier molecular flexibility index (Phi) is 5.02. The Morgan fingerprint density at radius 2 is 1.77 bits per heavy atom. The molecule has 0 atom stereocenters. The molecule has 0 aliphatic rings. The third-order valence-corrected chi connectivity index (χ3v) is 3.49. The maximum atomic E-state index is 13.0. The lowest BCUT2D eigenvalue weighted by Crippen LogP contribution is -2.19. The molecule has 2 nitrogen and oxygen atoms in total. The number of halogens is 5. The average molecular weight is 393 g/mol. The van der Waals surface area contributed by atoms with Gasteiger partial charge in [-0.15, -0.1) is 0 Å². The van der Waals surface area contributed by atoms with Crippen LogP contribution in [0.2, 0.25) is 0 Å². The number of thiocarbonyl (C=S) groups is 1. The Hall–Kier alpha value is -1.67. The van der Waals surface area contributed by atoms with Gasteiger partial charge in [0.15, 0.2) is 5.11 Å². The fourth-order valence-electron chi connectivity index (χ4n) is 1.65. The van der Waals surface area contributed by atoms with Gasteiger partial charge in [-0.25, -0.2) is 4.39 Å². The Bertz CT molecular complexity index is 703. The first-order chi connectivity index (χ1) is 10.3. The smallest absolute Gasteiger partial charge is 0.332 e. The first-order valence-corrected chi connectivity index (χ1v) is 7.16. The monoisotopic (exact) mass is 392 g/mol. The molecule has 2 aromatic rings. The Labute approximate surface area is 137 Å². The van der Waals surface area contributed by atoms with E-state index in [2.05, 4.69) is 26.6 Å². The lowest BCUT2D eigenvalue weighted by Gasteiger charge is -2.13. The molecule has 0 radical (unpaired) electrons. The molecule has 0 amide bonds. The zero-order valence-corrected chi connectivity index (χ0v) is 13.2. The van der Waals surface area contributed by atoms with E-state index in [1.54, 1.807) is 0 Å². The van der Waals surface area contributed by atoms with E-state index >= 15 is 0 Å². The molecule has 8 heteroatoms. The Balaban J connectivity index is 2.09. The van der Waals surface area contributed by atoms with Crippen LogP contribution in [0.15, 0.2) is 46.9 Å². The normalized spacial score (nSPS) is 11.1. The van der Waals surface area contributed by atoms with E-state index in [1.165, 1.54) is 30.3 Å². The van der Waals surface area contributed by atoms with Gasteiger partial charge in [0.1, 0.15) is 5.82 Å². The fraction of sp³-hybridized carbons (Fsp3) is 0.0714. The number of rotatable bonds is 2. The summed E-state index contributed by atoms with van der Waals surface area (Å²) >= 11 is 8.19. The summed E-state index contributed by atoms with van der Waals surface area (Å²) in [5.41, 5.74) is -0.0836. The Morgan fingerprint density at radius 1 is 1.05 bits per heavy atom. The van der Waals surface area contributed by atoms with Gasteiger partial charge in [0.25, 0.3) is 0 Å². The number of benzene rings is 2. The maximum absolute atomic E-state index is 13.0. The highest BCUT2D eigenvalue weighted by molar-refractivity contribution is 9.10. The quantitative estimate of drug-likeness (QED) is 0.527. The van der Waals surface area contributed by atoms with Crippen LogP contribution in [0, 0.1) is 5.82 Å². The molecular formula is C14H9BrF4N2S. The van der Waals surface area contributed by atoms with Gasteiger partial charge in [0, 0.05) is 10.2 Å². The first kappa shape index (κ1) is 16.7. The molecule has 0 aliphatic carbocycles. The number of hydrogen-bond donors (Lipinski definition) is 2. The second-order valence-corrected chi connectivity index (χ2v) is 5.54. The zero-order chi connectivity index (χ0) is 16.3. The maximum Gasteiger partial charge on any atom is 0.416 e. The highest BCUT2D eigenvalue weighted by Gasteiger charge is 2.30. The van der Waals surface area contributed by atoms with Crippen molar-refractivity contribution in [2.45, 2.75) is 6.18 Å². The molecule has 2 aromatic carbocycles. The van der Waals surface area contributed by atoms with Gasteiger partial charge >= 0.3 is 6.18 Å². The van der Waals surface area contributed by atoms with Crippen molar-refractivity contribution in [1.82, 2.24) is 0 Å². The Morgan fingerprint density at radius 3 is 2.41 bits per heavy atom. The molecule has 0 aromatic heterocycles. The summed E-state index contributed by atoms with van der Waals surface area (Å²) < 4.78 is 51.3. The van der Waals surface area contributed by atoms with Crippen molar-refractivity contribution in [2.24, 2.45) is 0 Å². The third-order valence-electron chi connectivity index (χ3n) is 2.63. The highest BCUT2D eigenvalue weighted by Crippen LogP contribution is 2.30. The van der Waals surface area contributed by atoms with Gasteiger partial charge in [0.05, 0.1) is 11.3 Å². The molecule has 0 fully saturated rings. The van der Waals surface area contributed by atoms with Crippen molar-refractivity contribution in [3.05, 3.63) is 58.3 Å². The number of nitrogens with one attached hydrogen (secondary N) is 2. The summed E-state index contributed by atoms with van der Waals surface area (Å²) in [7, 11) is 0. The van der Waals surface area contributed by atoms with E-state index in [-0.39, 0.29) is 10.8 Å². The summed E-state index contributed by atoms with van der Waals surface area (Å²) in [4.78, 5) is 0. The van der Waals surface area contributed by atoms with Gasteiger partial charge in [-0.2, -0.15) is 13.2 Å². The molecule has 0 saturated carbocycles. The average Bonchev–Trinajstić information content (AvgIpc) is 2.41. The molecule has 0 saturated heterocycles. The van der Waals surface area contributed by atoms with Gasteiger partial charge in [-0.05, 0) is 64.5 Å². The van der Waals surface area contributed by atoms with Crippen LogP contribution >= 0.6 is 28.1 Å². The van der Waals surface area contributed by atoms with Gasteiger partial charge < -0.3 is 10.6 Å². The largest absolute Gasteiger partial charge is 0.416 e. The second-order valence-electron chi connectivity index (χ2n) is 4.28. The van der Waals surface area contributed by atoms with E-state index in [9.17, 15) is 17.6 Å². The van der Waals surface area contributed by atoms with Crippen molar-refractivity contribution < 1.29 is 17.6 Å². The lowest BCUT2D eigenvalue weighted by atomic mass is 10.2. The SMILES string of the molecule is Fc1ccc(NC(=S)Nc2cccc(C(F)(F)F)c2)c(Br)c1. The molecule has 2 N–H and O–H groups in total. The van der Waals surface area contributed by atoms with Gasteiger partial charge in [0.2, 0.25) is 0 Å². The molecule has 22 heavy (non-hydrogen) atoms. The predicted molar refractivity (Wildman–Crippen MR) is 85.4 cm³/mol. The molecule has 0 bridgehead atoms. The first-order valence-electron chi connectivity index (χ1n) is 5.96. The van der Waals surface area contributed by atoms with Crippen molar-refractivity contribution >= 4 is 44.6 Å². The molecule has 0 heterocycles. The zero-order valence-electron chi connectivity index (χ0n) is 10.8. The summed E-state index contributed by atoms with van der Waals surface area (Å²) in [6.45, 7) is 0. The van der Waals surface area contributed by atoms with Crippen molar-refractivity contribution in [3.8, 4) is 0 Å². The minimum absolute atomic E-state index is 0.0895. The second kappa shape index (κ2) is 6.62. The third kappa shape index (κ3) is 4.41. The molecular weight excluding hydrogens is 384 g/mol. The van der Waals surface area contributed by atoms with Crippen LogP contribution in [-0.2, 0) is 6.18 Å². The van der Waals surface area contributed by atoms with E-state index in [0.717, 1.165) is 12.1 Å². The van der Waals surface area contributed by atoms with Crippen LogP contribution in [-0.4, -0.2) is 5.11 Å². The number of alkyl halides is 3. The number of hydrogen-bond acceptors (Lipinski definition) is 1. The van der Waals surface area contributed by atoms with Crippen molar-refractivity contribution in [3.63, 3.8) is 0 Å². The topological polar surface area (TPSA) is 24.1 Å². The van der Waals surface area contributed by atoms with Crippen LogP contribution < -0.4 is 10.6 Å². The minimum Gasteiger partial charge on any atom is -0.332 e. The highest BCUT2D eigenvalue weighted by atomic mass is 79.9. The van der Waals surface area contributed by atoms with Crippen LogP contribution in [0.4, 0.5) is 28.9 Å². The van der Waals surface area contributed by atoms with Gasteiger partial charge in [-0.3, -0.25) is 0 Å². The predicted octanol–water partition coefficient (Wildman–Crippen LogP) is 5.42. The molecule has 116 valence electrons. The van der Waals surface area contributed by atoms with Crippen molar-refractivity contribution in [2.75, 3.05) is 10.6 Å². The lowest BCUT2D eigenvalue weighted by molar-refractivity contribution is -0.137. The number of anilines is 2. The van der Waals surface area contributed by atoms with E-state index < -0.39 is 17.6 Å². The van der Waals surface area contributed by atoms with Crippen LogP contribution in [0.25, 0.3) is 0 Å². The summed E-state index contributed by atoms with van der Waals surface area (Å²) in [6, 6.07) is 8.60. The van der Waals surface area contributed by atoms with E-state index in [4.69, 9.17) is 12.2 Å². The van der Waals surface area contributed by atoms with Crippen LogP contribution in [0.1, 0.15) is 5.56 Å². The van der Waals surface area contributed by atoms with Gasteiger partial charge in [-0.1, -0.05) is 6.07 Å². The van der Waals surface area contributed by atoms with E-state index in [1.807, 2.05) is 0 Å². The summed E-state index contributed by atoms with van der Waals surface area (Å²) in [6.07, 6.45) is -4.42. The fourth-order valence-corrected chi connectivity index (χ4v) is 2.33. The minimum atomic E-state index is -4.42. The van der Waals surface area contributed by atoms with Crippen molar-refractivity contribution in [1.29, 1.82) is 0 Å². The standard InChI is InChI=1S/C14H9BrF4N2S/c15-11-7-9(16)4-5-12(11)21-13(22)20-10-3-1-2-8(6-10)14(17,18)19/h1-7H,(H2,20,21,22). The molecule has 2 rings (SSSR count). The molecule has 0 spiro atoms. The summed E-state index contributed by atoms with van der Waals surface area (Å²) in [5, 5.41) is 5.51. The molecule has 0 aliphatic heterocycles. The summed E-state index contributed by atoms with van der Waals surface area (Å²) in [5.74, 6) is -0.422. The van der Waals surface area contributed by atoms with Crippen LogP contribution in [0.3, 0.4) is 0 Å².